The first-order chi connectivity index (χ1) is 16.4. The van der Waals surface area contributed by atoms with Gasteiger partial charge in [0.1, 0.15) is 0 Å². The van der Waals surface area contributed by atoms with Crippen molar-refractivity contribution in [2.45, 2.75) is 33.7 Å². The zero-order valence-corrected chi connectivity index (χ0v) is 20.4. The summed E-state index contributed by atoms with van der Waals surface area (Å²) in [6.45, 7) is 7.09. The molecule has 8 nitrogen and oxygen atoms in total. The highest BCUT2D eigenvalue weighted by molar-refractivity contribution is 5.97. The van der Waals surface area contributed by atoms with Crippen molar-refractivity contribution < 1.29 is 9.53 Å². The Hall–Kier alpha value is -3.78. The van der Waals surface area contributed by atoms with E-state index in [4.69, 9.17) is 4.74 Å². The molecule has 0 saturated carbocycles. The number of amides is 1. The van der Waals surface area contributed by atoms with Crippen LogP contribution in [0.3, 0.4) is 0 Å². The van der Waals surface area contributed by atoms with Crippen LogP contribution in [0, 0.1) is 0 Å². The second-order valence-electron chi connectivity index (χ2n) is 8.09. The third kappa shape index (κ3) is 6.39. The molecule has 0 aliphatic rings. The van der Waals surface area contributed by atoms with Gasteiger partial charge in [0.05, 0.1) is 23.3 Å². The van der Waals surface area contributed by atoms with Crippen LogP contribution in [0.15, 0.2) is 55.0 Å². The SMILES string of the molecule is CCC.CCOC(=O)Nc1nc2c(-c3cc(CN(C)C)ccn3)cc(-c3cccnc3)cc2[nH]1. The molecule has 1 amide bonds. The molecule has 0 aliphatic carbocycles. The Kier molecular flexibility index (Phi) is 8.70. The number of hydrogen-bond acceptors (Lipinski definition) is 6. The van der Waals surface area contributed by atoms with Crippen LogP contribution in [-0.2, 0) is 11.3 Å². The number of benzene rings is 1. The maximum atomic E-state index is 11.9. The first-order valence-corrected chi connectivity index (χ1v) is 11.4. The Morgan fingerprint density at radius 3 is 2.56 bits per heavy atom. The van der Waals surface area contributed by atoms with E-state index >= 15 is 0 Å². The summed E-state index contributed by atoms with van der Waals surface area (Å²) in [5, 5.41) is 2.64. The number of rotatable bonds is 6. The van der Waals surface area contributed by atoms with Crippen molar-refractivity contribution >= 4 is 23.1 Å². The minimum Gasteiger partial charge on any atom is -0.450 e. The van der Waals surface area contributed by atoms with Crippen molar-refractivity contribution in [3.05, 3.63) is 60.6 Å². The van der Waals surface area contributed by atoms with Crippen molar-refractivity contribution in [2.75, 3.05) is 26.0 Å². The molecular weight excluding hydrogens is 428 g/mol. The van der Waals surface area contributed by atoms with Crippen molar-refractivity contribution in [3.8, 4) is 22.4 Å². The second-order valence-corrected chi connectivity index (χ2v) is 8.09. The van der Waals surface area contributed by atoms with Crippen molar-refractivity contribution in [3.63, 3.8) is 0 Å². The highest BCUT2D eigenvalue weighted by Crippen LogP contribution is 2.33. The summed E-state index contributed by atoms with van der Waals surface area (Å²) < 4.78 is 4.97. The maximum absolute atomic E-state index is 11.9. The summed E-state index contributed by atoms with van der Waals surface area (Å²) >= 11 is 0. The molecule has 3 aromatic heterocycles. The fourth-order valence-corrected chi connectivity index (χ4v) is 3.42. The van der Waals surface area contributed by atoms with Crippen molar-refractivity contribution in [1.82, 2.24) is 24.8 Å². The van der Waals surface area contributed by atoms with E-state index in [0.29, 0.717) is 11.5 Å². The fourth-order valence-electron chi connectivity index (χ4n) is 3.42. The lowest BCUT2D eigenvalue weighted by Gasteiger charge is -2.11. The van der Waals surface area contributed by atoms with Crippen LogP contribution in [-0.4, -0.2) is 51.6 Å². The first-order valence-electron chi connectivity index (χ1n) is 11.4. The molecule has 0 atom stereocenters. The third-order valence-electron chi connectivity index (χ3n) is 4.68. The van der Waals surface area contributed by atoms with Gasteiger partial charge in [0.15, 0.2) is 0 Å². The van der Waals surface area contributed by atoms with Gasteiger partial charge in [-0.3, -0.25) is 15.3 Å². The summed E-state index contributed by atoms with van der Waals surface area (Å²) in [7, 11) is 4.06. The summed E-state index contributed by atoms with van der Waals surface area (Å²) in [5.41, 5.74) is 6.27. The first kappa shape index (κ1) is 24.9. The minimum absolute atomic E-state index is 0.283. The van der Waals surface area contributed by atoms with Gasteiger partial charge in [-0.05, 0) is 62.5 Å². The van der Waals surface area contributed by atoms with Crippen LogP contribution in [0.4, 0.5) is 10.7 Å². The number of ether oxygens (including phenoxy) is 1. The number of carbonyl (C=O) groups is 1. The molecule has 0 fully saturated rings. The van der Waals surface area contributed by atoms with Gasteiger partial charge < -0.3 is 14.6 Å². The monoisotopic (exact) mass is 460 g/mol. The quantitative estimate of drug-likeness (QED) is 0.381. The molecule has 4 rings (SSSR count). The molecule has 0 radical (unpaired) electrons. The van der Waals surface area contributed by atoms with Crippen molar-refractivity contribution in [1.29, 1.82) is 0 Å². The standard InChI is InChI=1S/C23H24N6O2.C3H8/c1-4-31-23(30)28-22-26-20-12-17(16-6-5-8-24-13-16)11-18(21(20)27-22)19-10-15(7-9-25-19)14-29(2)3;1-3-2/h5-13H,4,14H2,1-3H3,(H2,26,27,28,30);3H2,1-2H3. The van der Waals surface area contributed by atoms with Gasteiger partial charge in [0.25, 0.3) is 0 Å². The number of aromatic amines is 1. The lowest BCUT2D eigenvalue weighted by atomic mass is 10.00. The normalized spacial score (nSPS) is 10.6. The molecule has 0 saturated heterocycles. The number of anilines is 1. The van der Waals surface area contributed by atoms with Crippen LogP contribution in [0.5, 0.6) is 0 Å². The number of nitrogens with one attached hydrogen (secondary N) is 2. The molecule has 8 heteroatoms. The van der Waals surface area contributed by atoms with Gasteiger partial charge in [0.2, 0.25) is 5.95 Å². The highest BCUT2D eigenvalue weighted by Gasteiger charge is 2.15. The largest absolute Gasteiger partial charge is 0.450 e. The number of fused-ring (bicyclic) bond motifs is 1. The zero-order valence-electron chi connectivity index (χ0n) is 20.4. The predicted octanol–water partition coefficient (Wildman–Crippen LogP) is 5.73. The molecular formula is C26H32N6O2. The smallest absolute Gasteiger partial charge is 0.413 e. The molecule has 178 valence electrons. The highest BCUT2D eigenvalue weighted by atomic mass is 16.5. The Balaban J connectivity index is 0.00000103. The van der Waals surface area contributed by atoms with Crippen LogP contribution in [0.1, 0.15) is 32.8 Å². The number of hydrogen-bond donors (Lipinski definition) is 2. The maximum Gasteiger partial charge on any atom is 0.413 e. The molecule has 1 aromatic carbocycles. The summed E-state index contributed by atoms with van der Waals surface area (Å²) in [4.78, 5) is 30.6. The molecule has 0 unspecified atom stereocenters. The summed E-state index contributed by atoms with van der Waals surface area (Å²) in [6.07, 6.45) is 6.06. The Labute approximate surface area is 200 Å². The van der Waals surface area contributed by atoms with Crippen LogP contribution in [0.25, 0.3) is 33.4 Å². The van der Waals surface area contributed by atoms with Gasteiger partial charge in [-0.15, -0.1) is 0 Å². The molecule has 4 aromatic rings. The van der Waals surface area contributed by atoms with Crippen LogP contribution in [0.2, 0.25) is 0 Å². The van der Waals surface area contributed by atoms with Gasteiger partial charge in [-0.25, -0.2) is 9.78 Å². The lowest BCUT2D eigenvalue weighted by molar-refractivity contribution is 0.167. The van der Waals surface area contributed by atoms with Crippen LogP contribution < -0.4 is 5.32 Å². The predicted molar refractivity (Wildman–Crippen MR) is 137 cm³/mol. The number of nitrogens with zero attached hydrogens (tertiary/aromatic N) is 4. The Morgan fingerprint density at radius 1 is 1.09 bits per heavy atom. The van der Waals surface area contributed by atoms with E-state index in [1.165, 1.54) is 6.42 Å². The Bertz CT molecular complexity index is 1220. The lowest BCUT2D eigenvalue weighted by Crippen LogP contribution is -2.14. The van der Waals surface area contributed by atoms with E-state index in [-0.39, 0.29) is 6.61 Å². The molecule has 0 bridgehead atoms. The number of carbonyl (C=O) groups excluding carboxylic acids is 1. The molecule has 0 spiro atoms. The molecule has 34 heavy (non-hydrogen) atoms. The summed E-state index contributed by atoms with van der Waals surface area (Å²) in [5.74, 6) is 0.322. The average molecular weight is 461 g/mol. The van der Waals surface area contributed by atoms with Gasteiger partial charge in [0, 0.05) is 36.3 Å². The van der Waals surface area contributed by atoms with E-state index < -0.39 is 6.09 Å². The second kappa shape index (κ2) is 11.9. The van der Waals surface area contributed by atoms with Crippen LogP contribution >= 0.6 is 0 Å². The van der Waals surface area contributed by atoms with E-state index in [2.05, 4.69) is 56.1 Å². The van der Waals surface area contributed by atoms with Gasteiger partial charge in [-0.1, -0.05) is 26.3 Å². The van der Waals surface area contributed by atoms with E-state index in [0.717, 1.165) is 40.0 Å². The third-order valence-corrected chi connectivity index (χ3v) is 4.68. The van der Waals surface area contributed by atoms with E-state index in [1.807, 2.05) is 44.6 Å². The van der Waals surface area contributed by atoms with Gasteiger partial charge >= 0.3 is 6.09 Å². The number of H-pyrrole nitrogens is 1. The summed E-state index contributed by atoms with van der Waals surface area (Å²) in [6, 6.07) is 12.0. The number of aromatic nitrogens is 4. The van der Waals surface area contributed by atoms with E-state index in [1.54, 1.807) is 19.3 Å². The molecule has 3 heterocycles. The Morgan fingerprint density at radius 2 is 1.88 bits per heavy atom. The number of pyridine rings is 2. The fraction of sp³-hybridized carbons (Fsp3) is 0.308. The molecule has 2 N–H and O–H groups in total. The number of imidazole rings is 1. The van der Waals surface area contributed by atoms with Gasteiger partial charge in [-0.2, -0.15) is 0 Å². The van der Waals surface area contributed by atoms with Crippen molar-refractivity contribution in [2.24, 2.45) is 0 Å². The topological polar surface area (TPSA) is 96.0 Å². The minimum atomic E-state index is -0.554. The van der Waals surface area contributed by atoms with E-state index in [9.17, 15) is 4.79 Å². The molecule has 0 aliphatic heterocycles. The average Bonchev–Trinajstić information content (AvgIpc) is 3.21. The zero-order chi connectivity index (χ0) is 24.5.